The molecule has 2 nitrogen and oxygen atoms in total. The lowest BCUT2D eigenvalue weighted by atomic mass is 10.1. The van der Waals surface area contributed by atoms with Crippen molar-refractivity contribution < 1.29 is 4.74 Å². The van der Waals surface area contributed by atoms with Crippen LogP contribution in [0, 0.1) is 0 Å². The molecule has 0 aliphatic rings. The molecule has 0 N–H and O–H groups in total. The summed E-state index contributed by atoms with van der Waals surface area (Å²) in [5.74, 6) is 0. The average Bonchev–Trinajstić information content (AvgIpc) is 2.31. The number of pyridine rings is 1. The fourth-order valence-corrected chi connectivity index (χ4v) is 2.21. The first-order valence-electron chi connectivity index (χ1n) is 4.94. The lowest BCUT2D eigenvalue weighted by Gasteiger charge is -2.07. The predicted molar refractivity (Wildman–Crippen MR) is 70.0 cm³/mol. The summed E-state index contributed by atoms with van der Waals surface area (Å²) in [6.45, 7) is 0.695. The van der Waals surface area contributed by atoms with E-state index in [0.717, 1.165) is 21.8 Å². The number of fused-ring (bicyclic) bond motifs is 1. The van der Waals surface area contributed by atoms with Gasteiger partial charge in [0.2, 0.25) is 0 Å². The standard InChI is InChI=1S/C12H11BrClNO/c1-16-6-5-8-3-2-4-9-11(13)10(14)7-15-12(8)9/h2-4,7H,5-6H2,1H3. The van der Waals surface area contributed by atoms with Gasteiger partial charge in [0.05, 0.1) is 17.1 Å². The van der Waals surface area contributed by atoms with Crippen LogP contribution in [0.5, 0.6) is 0 Å². The van der Waals surface area contributed by atoms with Crippen molar-refractivity contribution >= 4 is 38.4 Å². The Labute approximate surface area is 108 Å². The van der Waals surface area contributed by atoms with Crippen LogP contribution in [-0.4, -0.2) is 18.7 Å². The molecule has 0 aliphatic heterocycles. The van der Waals surface area contributed by atoms with Crippen molar-refractivity contribution in [3.63, 3.8) is 0 Å². The first kappa shape index (κ1) is 11.8. The van der Waals surface area contributed by atoms with Crippen molar-refractivity contribution in [1.29, 1.82) is 0 Å². The van der Waals surface area contributed by atoms with E-state index in [1.165, 1.54) is 5.56 Å². The second-order valence-corrected chi connectivity index (χ2v) is 4.68. The van der Waals surface area contributed by atoms with Crippen molar-refractivity contribution in [1.82, 2.24) is 4.98 Å². The third kappa shape index (κ3) is 2.21. The summed E-state index contributed by atoms with van der Waals surface area (Å²) >= 11 is 9.49. The van der Waals surface area contributed by atoms with E-state index in [9.17, 15) is 0 Å². The van der Waals surface area contributed by atoms with E-state index >= 15 is 0 Å². The molecule has 84 valence electrons. The van der Waals surface area contributed by atoms with Gasteiger partial charge in [-0.15, -0.1) is 0 Å². The number of halogens is 2. The molecule has 0 bridgehead atoms. The van der Waals surface area contributed by atoms with Gasteiger partial charge in [0.25, 0.3) is 0 Å². The lowest BCUT2D eigenvalue weighted by molar-refractivity contribution is 0.202. The number of aromatic nitrogens is 1. The van der Waals surface area contributed by atoms with Gasteiger partial charge in [-0.1, -0.05) is 29.8 Å². The Hall–Kier alpha value is -0.640. The summed E-state index contributed by atoms with van der Waals surface area (Å²) in [7, 11) is 1.70. The largest absolute Gasteiger partial charge is 0.384 e. The van der Waals surface area contributed by atoms with Crippen molar-refractivity contribution in [2.24, 2.45) is 0 Å². The third-order valence-electron chi connectivity index (χ3n) is 2.45. The van der Waals surface area contributed by atoms with Gasteiger partial charge in [-0.05, 0) is 27.9 Å². The first-order chi connectivity index (χ1) is 7.74. The van der Waals surface area contributed by atoms with Crippen molar-refractivity contribution in [2.75, 3.05) is 13.7 Å². The highest BCUT2D eigenvalue weighted by atomic mass is 79.9. The summed E-state index contributed by atoms with van der Waals surface area (Å²) in [5.41, 5.74) is 2.16. The summed E-state index contributed by atoms with van der Waals surface area (Å²) < 4.78 is 5.98. The molecule has 4 heteroatoms. The van der Waals surface area contributed by atoms with E-state index in [1.807, 2.05) is 12.1 Å². The SMILES string of the molecule is COCCc1cccc2c(Br)c(Cl)cnc12. The van der Waals surface area contributed by atoms with Crippen LogP contribution < -0.4 is 0 Å². The van der Waals surface area contributed by atoms with E-state index in [4.69, 9.17) is 16.3 Å². The zero-order chi connectivity index (χ0) is 11.5. The smallest absolute Gasteiger partial charge is 0.0747 e. The summed E-state index contributed by atoms with van der Waals surface area (Å²) in [6.07, 6.45) is 2.53. The van der Waals surface area contributed by atoms with Crippen molar-refractivity contribution in [3.8, 4) is 0 Å². The van der Waals surface area contributed by atoms with Crippen molar-refractivity contribution in [3.05, 3.63) is 39.5 Å². The van der Waals surface area contributed by atoms with Gasteiger partial charge in [0, 0.05) is 23.2 Å². The highest BCUT2D eigenvalue weighted by molar-refractivity contribution is 9.10. The van der Waals surface area contributed by atoms with Gasteiger partial charge >= 0.3 is 0 Å². The van der Waals surface area contributed by atoms with Crippen LogP contribution in [0.1, 0.15) is 5.56 Å². The molecule has 0 fully saturated rings. The van der Waals surface area contributed by atoms with Crippen LogP contribution in [0.4, 0.5) is 0 Å². The Bertz CT molecular complexity index is 516. The number of methoxy groups -OCH3 is 1. The van der Waals surface area contributed by atoms with Crippen LogP contribution in [0.3, 0.4) is 0 Å². The molecule has 1 aromatic heterocycles. The summed E-state index contributed by atoms with van der Waals surface area (Å²) in [5, 5.41) is 1.68. The predicted octanol–water partition coefficient (Wildman–Crippen LogP) is 3.84. The number of hydrogen-bond acceptors (Lipinski definition) is 2. The van der Waals surface area contributed by atoms with E-state index in [1.54, 1.807) is 13.3 Å². The molecule has 16 heavy (non-hydrogen) atoms. The Morgan fingerprint density at radius 3 is 3.00 bits per heavy atom. The first-order valence-corrected chi connectivity index (χ1v) is 6.11. The number of benzene rings is 1. The van der Waals surface area contributed by atoms with Crippen LogP contribution >= 0.6 is 27.5 Å². The molecule has 0 radical (unpaired) electrons. The molecule has 1 heterocycles. The lowest BCUT2D eigenvalue weighted by Crippen LogP contribution is -1.96. The van der Waals surface area contributed by atoms with E-state index < -0.39 is 0 Å². The minimum absolute atomic E-state index is 0.636. The molecule has 0 amide bonds. The highest BCUT2D eigenvalue weighted by Crippen LogP contribution is 2.30. The number of ether oxygens (including phenoxy) is 1. The van der Waals surface area contributed by atoms with Crippen LogP contribution in [0.15, 0.2) is 28.9 Å². The maximum Gasteiger partial charge on any atom is 0.0747 e. The molecule has 0 spiro atoms. The minimum Gasteiger partial charge on any atom is -0.384 e. The van der Waals surface area contributed by atoms with Gasteiger partial charge in [-0.2, -0.15) is 0 Å². The zero-order valence-electron chi connectivity index (χ0n) is 8.84. The van der Waals surface area contributed by atoms with Crippen LogP contribution in [0.2, 0.25) is 5.02 Å². The third-order valence-corrected chi connectivity index (χ3v) is 3.82. The Morgan fingerprint density at radius 2 is 2.25 bits per heavy atom. The molecular weight excluding hydrogens is 289 g/mol. The molecule has 0 saturated heterocycles. The number of hydrogen-bond donors (Lipinski definition) is 0. The second-order valence-electron chi connectivity index (χ2n) is 3.48. The van der Waals surface area contributed by atoms with Crippen LogP contribution in [-0.2, 0) is 11.2 Å². The van der Waals surface area contributed by atoms with Gasteiger partial charge < -0.3 is 4.74 Å². The van der Waals surface area contributed by atoms with Crippen molar-refractivity contribution in [2.45, 2.75) is 6.42 Å². The Balaban J connectivity index is 2.56. The average molecular weight is 301 g/mol. The fourth-order valence-electron chi connectivity index (χ4n) is 1.64. The molecule has 0 unspecified atom stereocenters. The topological polar surface area (TPSA) is 22.1 Å². The number of nitrogens with zero attached hydrogens (tertiary/aromatic N) is 1. The molecule has 0 aliphatic carbocycles. The quantitative estimate of drug-likeness (QED) is 0.859. The molecule has 0 atom stereocenters. The van der Waals surface area contributed by atoms with Gasteiger partial charge in [-0.3, -0.25) is 4.98 Å². The van der Waals surface area contributed by atoms with E-state index in [-0.39, 0.29) is 0 Å². The number of para-hydroxylation sites is 1. The van der Waals surface area contributed by atoms with Gasteiger partial charge in [0.15, 0.2) is 0 Å². The van der Waals surface area contributed by atoms with Gasteiger partial charge in [-0.25, -0.2) is 0 Å². The highest BCUT2D eigenvalue weighted by Gasteiger charge is 2.07. The normalized spacial score (nSPS) is 10.9. The molecular formula is C12H11BrClNO. The van der Waals surface area contributed by atoms with Gasteiger partial charge in [0.1, 0.15) is 0 Å². The maximum atomic E-state index is 6.01. The van der Waals surface area contributed by atoms with Crippen LogP contribution in [0.25, 0.3) is 10.9 Å². The molecule has 1 aromatic carbocycles. The molecule has 2 rings (SSSR count). The summed E-state index contributed by atoms with van der Waals surface area (Å²) in [6, 6.07) is 6.08. The second kappa shape index (κ2) is 5.13. The monoisotopic (exact) mass is 299 g/mol. The molecule has 0 saturated carbocycles. The summed E-state index contributed by atoms with van der Waals surface area (Å²) in [4.78, 5) is 4.38. The fraction of sp³-hybridized carbons (Fsp3) is 0.250. The Morgan fingerprint density at radius 1 is 1.44 bits per heavy atom. The zero-order valence-corrected chi connectivity index (χ0v) is 11.2. The molecule has 2 aromatic rings. The van der Waals surface area contributed by atoms with E-state index in [2.05, 4.69) is 27.0 Å². The number of rotatable bonds is 3. The maximum absolute atomic E-state index is 6.01. The minimum atomic E-state index is 0.636. The Kier molecular flexibility index (Phi) is 3.79. The van der Waals surface area contributed by atoms with E-state index in [0.29, 0.717) is 11.6 Å².